The van der Waals surface area contributed by atoms with Crippen LogP contribution >= 0.6 is 0 Å². The van der Waals surface area contributed by atoms with Gasteiger partial charge in [0.25, 0.3) is 0 Å². The lowest BCUT2D eigenvalue weighted by Gasteiger charge is -2.39. The molecule has 0 radical (unpaired) electrons. The largest absolute Gasteiger partial charge is 0.388 e. The third kappa shape index (κ3) is 4.55. The third-order valence-electron chi connectivity index (χ3n) is 5.26. The number of likely N-dealkylation sites (tertiary alicyclic amines) is 1. The van der Waals surface area contributed by atoms with E-state index in [0.717, 1.165) is 18.5 Å². The zero-order chi connectivity index (χ0) is 15.5. The van der Waals surface area contributed by atoms with Crippen LogP contribution in [0.4, 0.5) is 0 Å². The van der Waals surface area contributed by atoms with Crippen LogP contribution in [0.25, 0.3) is 0 Å². The summed E-state index contributed by atoms with van der Waals surface area (Å²) >= 11 is 0. The monoisotopic (exact) mass is 289 g/mol. The van der Waals surface area contributed by atoms with Crippen molar-refractivity contribution < 1.29 is 5.11 Å². The Labute approximate surface area is 130 Å². The Morgan fingerprint density at radius 3 is 2.24 bits per heavy atom. The number of aliphatic hydroxyl groups excluding tert-OH is 1. The highest BCUT2D eigenvalue weighted by atomic mass is 16.3. The lowest BCUT2D eigenvalue weighted by Crippen LogP contribution is -2.39. The average molecular weight is 289 g/mol. The molecular weight excluding hydrogens is 258 g/mol. The fraction of sp³-hybridized carbons (Fsp3) is 0.684. The van der Waals surface area contributed by atoms with Crippen molar-refractivity contribution >= 4 is 0 Å². The van der Waals surface area contributed by atoms with Crippen LogP contribution in [-0.2, 0) is 0 Å². The summed E-state index contributed by atoms with van der Waals surface area (Å²) in [5.41, 5.74) is 4.09. The Morgan fingerprint density at radius 1 is 1.14 bits per heavy atom. The van der Waals surface area contributed by atoms with Gasteiger partial charge in [-0.25, -0.2) is 0 Å². The summed E-state index contributed by atoms with van der Waals surface area (Å²) in [7, 11) is 0. The Balaban J connectivity index is 1.83. The number of rotatable bonds is 5. The van der Waals surface area contributed by atoms with Gasteiger partial charge in [-0.05, 0) is 57.2 Å². The highest BCUT2D eigenvalue weighted by Crippen LogP contribution is 2.34. The van der Waals surface area contributed by atoms with E-state index in [1.165, 1.54) is 43.5 Å². The number of aliphatic hydroxyl groups is 1. The minimum atomic E-state index is -0.330. The molecule has 1 atom stereocenters. The molecule has 2 heteroatoms. The molecule has 0 amide bonds. The van der Waals surface area contributed by atoms with Gasteiger partial charge in [0.15, 0.2) is 0 Å². The molecule has 0 saturated carbocycles. The van der Waals surface area contributed by atoms with Gasteiger partial charge in [0.2, 0.25) is 0 Å². The van der Waals surface area contributed by atoms with E-state index in [-0.39, 0.29) is 6.10 Å². The first-order valence-electron chi connectivity index (χ1n) is 8.40. The van der Waals surface area contributed by atoms with E-state index in [1.54, 1.807) is 0 Å². The maximum absolute atomic E-state index is 10.4. The summed E-state index contributed by atoms with van der Waals surface area (Å²) in [6, 6.07) is 6.39. The van der Waals surface area contributed by atoms with E-state index < -0.39 is 0 Å². The third-order valence-corrected chi connectivity index (χ3v) is 5.26. The van der Waals surface area contributed by atoms with Crippen LogP contribution < -0.4 is 0 Å². The first kappa shape index (κ1) is 16.5. The number of aryl methyl sites for hydroxylation is 2. The molecule has 1 aliphatic rings. The lowest BCUT2D eigenvalue weighted by atomic mass is 9.78. The molecule has 2 rings (SSSR count). The van der Waals surface area contributed by atoms with E-state index in [1.807, 2.05) is 0 Å². The number of nitrogens with zero attached hydrogens (tertiary/aromatic N) is 1. The maximum atomic E-state index is 10.4. The van der Waals surface area contributed by atoms with Gasteiger partial charge in [-0.3, -0.25) is 0 Å². The Kier molecular flexibility index (Phi) is 5.45. The topological polar surface area (TPSA) is 23.5 Å². The van der Waals surface area contributed by atoms with Crippen LogP contribution in [0.1, 0.15) is 62.3 Å². The van der Waals surface area contributed by atoms with Gasteiger partial charge >= 0.3 is 0 Å². The summed E-state index contributed by atoms with van der Waals surface area (Å²) < 4.78 is 0. The second-order valence-electron chi connectivity index (χ2n) is 7.23. The molecule has 0 bridgehead atoms. The lowest BCUT2D eigenvalue weighted by molar-refractivity contribution is 0.0910. The summed E-state index contributed by atoms with van der Waals surface area (Å²) in [4.78, 5) is 2.52. The molecule has 0 spiro atoms. The van der Waals surface area contributed by atoms with Crippen LogP contribution in [0, 0.1) is 19.3 Å². The predicted molar refractivity (Wildman–Crippen MR) is 89.6 cm³/mol. The average Bonchev–Trinajstić information content (AvgIpc) is 2.45. The molecule has 1 fully saturated rings. The van der Waals surface area contributed by atoms with Crippen molar-refractivity contribution in [2.45, 2.75) is 59.5 Å². The minimum Gasteiger partial charge on any atom is -0.388 e. The molecule has 21 heavy (non-hydrogen) atoms. The molecule has 118 valence electrons. The molecule has 1 saturated heterocycles. The molecule has 1 heterocycles. The van der Waals surface area contributed by atoms with E-state index in [0.29, 0.717) is 5.41 Å². The highest BCUT2D eigenvalue weighted by Gasteiger charge is 2.28. The summed E-state index contributed by atoms with van der Waals surface area (Å²) in [5, 5.41) is 10.4. The number of hydrogen-bond donors (Lipinski definition) is 1. The van der Waals surface area contributed by atoms with Crippen LogP contribution in [0.15, 0.2) is 18.2 Å². The quantitative estimate of drug-likeness (QED) is 0.876. The van der Waals surface area contributed by atoms with E-state index in [9.17, 15) is 5.11 Å². The van der Waals surface area contributed by atoms with E-state index >= 15 is 0 Å². The van der Waals surface area contributed by atoms with E-state index in [2.05, 4.69) is 50.8 Å². The van der Waals surface area contributed by atoms with Crippen molar-refractivity contribution in [1.82, 2.24) is 4.90 Å². The maximum Gasteiger partial charge on any atom is 0.0802 e. The molecule has 2 nitrogen and oxygen atoms in total. The molecule has 1 aliphatic heterocycles. The van der Waals surface area contributed by atoms with Gasteiger partial charge in [-0.1, -0.05) is 49.6 Å². The van der Waals surface area contributed by atoms with Gasteiger partial charge in [0, 0.05) is 6.54 Å². The molecule has 1 N–H and O–H groups in total. The first-order valence-corrected chi connectivity index (χ1v) is 8.40. The van der Waals surface area contributed by atoms with Crippen molar-refractivity contribution in [3.05, 3.63) is 34.9 Å². The highest BCUT2D eigenvalue weighted by molar-refractivity contribution is 5.29. The van der Waals surface area contributed by atoms with Gasteiger partial charge in [0.05, 0.1) is 6.10 Å². The number of piperidine rings is 1. The van der Waals surface area contributed by atoms with Crippen LogP contribution in [-0.4, -0.2) is 29.6 Å². The summed E-state index contributed by atoms with van der Waals surface area (Å²) in [6.45, 7) is 12.3. The first-order chi connectivity index (χ1) is 9.92. The zero-order valence-electron chi connectivity index (χ0n) is 14.2. The van der Waals surface area contributed by atoms with Gasteiger partial charge in [0.1, 0.15) is 0 Å². The van der Waals surface area contributed by atoms with Gasteiger partial charge in [-0.2, -0.15) is 0 Å². The van der Waals surface area contributed by atoms with Crippen LogP contribution in [0.5, 0.6) is 0 Å². The smallest absolute Gasteiger partial charge is 0.0802 e. The van der Waals surface area contributed by atoms with Gasteiger partial charge in [-0.15, -0.1) is 0 Å². The zero-order valence-corrected chi connectivity index (χ0v) is 14.2. The summed E-state index contributed by atoms with van der Waals surface area (Å²) in [5.74, 6) is 0. The van der Waals surface area contributed by atoms with Crippen molar-refractivity contribution in [1.29, 1.82) is 0 Å². The van der Waals surface area contributed by atoms with Crippen molar-refractivity contribution in [2.75, 3.05) is 19.6 Å². The Morgan fingerprint density at radius 2 is 1.71 bits per heavy atom. The predicted octanol–water partition coefficient (Wildman–Crippen LogP) is 4.24. The van der Waals surface area contributed by atoms with Crippen molar-refractivity contribution in [3.63, 3.8) is 0 Å². The standard InChI is InChI=1S/C19H31NO/c1-5-19(4)7-10-20(11-8-19)9-6-18(21)17-13-15(2)12-16(3)14-17/h12-14,18,21H,5-11H2,1-4H3. The molecule has 1 aromatic carbocycles. The SMILES string of the molecule is CCC1(C)CCN(CCC(O)c2cc(C)cc(C)c2)CC1. The summed E-state index contributed by atoms with van der Waals surface area (Å²) in [6.07, 6.45) is 4.38. The number of hydrogen-bond acceptors (Lipinski definition) is 2. The second kappa shape index (κ2) is 6.93. The number of benzene rings is 1. The fourth-order valence-corrected chi connectivity index (χ4v) is 3.34. The fourth-order valence-electron chi connectivity index (χ4n) is 3.34. The second-order valence-corrected chi connectivity index (χ2v) is 7.23. The normalized spacial score (nSPS) is 20.4. The van der Waals surface area contributed by atoms with Crippen LogP contribution in [0.2, 0.25) is 0 Å². The molecule has 1 aromatic rings. The van der Waals surface area contributed by atoms with Crippen molar-refractivity contribution in [3.8, 4) is 0 Å². The molecule has 1 unspecified atom stereocenters. The van der Waals surface area contributed by atoms with E-state index in [4.69, 9.17) is 0 Å². The molecule has 0 aromatic heterocycles. The van der Waals surface area contributed by atoms with Crippen LogP contribution in [0.3, 0.4) is 0 Å². The van der Waals surface area contributed by atoms with Crippen molar-refractivity contribution in [2.24, 2.45) is 5.41 Å². The molecule has 0 aliphatic carbocycles. The minimum absolute atomic E-state index is 0.330. The van der Waals surface area contributed by atoms with Gasteiger partial charge < -0.3 is 10.0 Å². The Hall–Kier alpha value is -0.860. The molecular formula is C19H31NO. The Bertz CT molecular complexity index is 440.